The van der Waals surface area contributed by atoms with Crippen LogP contribution < -0.4 is 5.32 Å². The predicted octanol–water partition coefficient (Wildman–Crippen LogP) is 7.81. The molecule has 0 bridgehead atoms. The number of quaternary nitrogens is 1. The topological polar surface area (TPSA) is 32.3 Å². The largest absolute Gasteiger partial charge is 0.390 e. The van der Waals surface area contributed by atoms with Crippen LogP contribution in [-0.2, 0) is 0 Å². The lowest BCUT2D eigenvalue weighted by Gasteiger charge is -2.36. The van der Waals surface area contributed by atoms with Crippen LogP contribution in [0.1, 0.15) is 129 Å². The maximum absolute atomic E-state index is 9.40. The van der Waals surface area contributed by atoms with Gasteiger partial charge in [0.05, 0.1) is 19.4 Å². The van der Waals surface area contributed by atoms with E-state index in [9.17, 15) is 5.11 Å². The van der Waals surface area contributed by atoms with Crippen molar-refractivity contribution in [1.82, 2.24) is 5.32 Å². The van der Waals surface area contributed by atoms with Crippen LogP contribution in [0.2, 0.25) is 0 Å². The van der Waals surface area contributed by atoms with Crippen molar-refractivity contribution in [3.63, 3.8) is 0 Å². The molecule has 1 rings (SSSR count). The van der Waals surface area contributed by atoms with Crippen LogP contribution in [0.5, 0.6) is 0 Å². The van der Waals surface area contributed by atoms with Crippen LogP contribution in [0.4, 0.5) is 0 Å². The third kappa shape index (κ3) is 13.4. The first-order valence-electron chi connectivity index (χ1n) is 13.8. The number of aliphatic hydroxyl groups excluding tert-OH is 1. The molecule has 0 aliphatic carbocycles. The molecule has 0 aromatic rings. The van der Waals surface area contributed by atoms with Crippen LogP contribution in [0.15, 0.2) is 24.6 Å². The van der Waals surface area contributed by atoms with Gasteiger partial charge < -0.3 is 10.4 Å². The maximum Gasteiger partial charge on any atom is 0.166 e. The molecule has 0 saturated heterocycles. The number of rotatable bonds is 22. The summed E-state index contributed by atoms with van der Waals surface area (Å²) >= 11 is 0. The molecular weight excluding hydrogens is 380 g/mol. The Bertz CT molecular complexity index is 448. The fourth-order valence-corrected chi connectivity index (χ4v) is 4.91. The molecule has 1 aliphatic rings. The van der Waals surface area contributed by atoms with E-state index in [1.165, 1.54) is 116 Å². The minimum Gasteiger partial charge on any atom is -0.390 e. The first kappa shape index (κ1) is 28.2. The zero-order chi connectivity index (χ0) is 22.5. The van der Waals surface area contributed by atoms with Gasteiger partial charge in [-0.15, -0.1) is 0 Å². The highest BCUT2D eigenvalue weighted by Crippen LogP contribution is 2.23. The highest BCUT2D eigenvalue weighted by Gasteiger charge is 2.35. The van der Waals surface area contributed by atoms with Gasteiger partial charge in [-0.05, 0) is 39.0 Å². The third-order valence-corrected chi connectivity index (χ3v) is 7.13. The number of allylic oxidation sites excluding steroid dienone is 2. The van der Waals surface area contributed by atoms with Crippen LogP contribution in [0.3, 0.4) is 0 Å². The van der Waals surface area contributed by atoms with Gasteiger partial charge in [-0.3, -0.25) is 4.48 Å². The first-order chi connectivity index (χ1) is 15.3. The van der Waals surface area contributed by atoms with Crippen molar-refractivity contribution in [2.24, 2.45) is 0 Å². The molecule has 1 heterocycles. The van der Waals surface area contributed by atoms with Gasteiger partial charge in [-0.25, -0.2) is 0 Å². The second-order valence-corrected chi connectivity index (χ2v) is 9.65. The SMILES string of the molecule is CCCCC/C=C/CCCCCCCCCCCCCCC1NC=C[N+]1(CC)CCO. The maximum atomic E-state index is 9.40. The van der Waals surface area contributed by atoms with Crippen LogP contribution >= 0.6 is 0 Å². The Morgan fingerprint density at radius 3 is 1.77 bits per heavy atom. The monoisotopic (exact) mass is 435 g/mol. The summed E-state index contributed by atoms with van der Waals surface area (Å²) in [6.45, 7) is 6.67. The molecule has 2 atom stereocenters. The van der Waals surface area contributed by atoms with E-state index >= 15 is 0 Å². The van der Waals surface area contributed by atoms with Gasteiger partial charge >= 0.3 is 0 Å². The standard InChI is InChI=1S/C28H55N2O/c1-3-5-6-7-8-9-10-11-12-13-14-15-16-17-18-19-20-21-22-23-28-29-24-25-30(28,4-2)26-27-31/h8-9,24-25,28-29,31H,3-7,10-23,26-27H2,1-2H3/q+1/b9-8+. The zero-order valence-electron chi connectivity index (χ0n) is 21.1. The number of nitrogens with zero attached hydrogens (tertiary/aromatic N) is 1. The summed E-state index contributed by atoms with van der Waals surface area (Å²) in [7, 11) is 0. The minimum atomic E-state index is 0.271. The molecular formula is C28H55N2O+. The van der Waals surface area contributed by atoms with Crippen molar-refractivity contribution in [3.05, 3.63) is 24.6 Å². The summed E-state index contributed by atoms with van der Waals surface area (Å²) < 4.78 is 0.909. The van der Waals surface area contributed by atoms with Crippen molar-refractivity contribution < 1.29 is 9.59 Å². The van der Waals surface area contributed by atoms with E-state index in [2.05, 4.69) is 43.7 Å². The average Bonchev–Trinajstić information content (AvgIpc) is 3.18. The van der Waals surface area contributed by atoms with Crippen LogP contribution in [0.25, 0.3) is 0 Å². The smallest absolute Gasteiger partial charge is 0.166 e. The second kappa shape index (κ2) is 19.9. The Hall–Kier alpha value is -0.800. The number of hydrogen-bond acceptors (Lipinski definition) is 2. The molecule has 31 heavy (non-hydrogen) atoms. The van der Waals surface area contributed by atoms with Crippen molar-refractivity contribution in [2.45, 2.75) is 136 Å². The molecule has 2 unspecified atom stereocenters. The normalized spacial score (nSPS) is 20.7. The van der Waals surface area contributed by atoms with Crippen LogP contribution in [-0.4, -0.2) is 35.5 Å². The lowest BCUT2D eigenvalue weighted by Crippen LogP contribution is -2.54. The zero-order valence-corrected chi connectivity index (χ0v) is 21.1. The summed E-state index contributed by atoms with van der Waals surface area (Å²) in [5, 5.41) is 12.9. The molecule has 3 heteroatoms. The molecule has 0 amide bonds. The molecule has 0 aromatic carbocycles. The number of unbranched alkanes of at least 4 members (excludes halogenated alkanes) is 15. The summed E-state index contributed by atoms with van der Waals surface area (Å²) in [6.07, 6.45) is 34.3. The molecule has 0 saturated carbocycles. The van der Waals surface area contributed by atoms with E-state index in [4.69, 9.17) is 0 Å². The Balaban J connectivity index is 1.82. The Labute approximate surface area is 195 Å². The minimum absolute atomic E-state index is 0.271. The fourth-order valence-electron chi connectivity index (χ4n) is 4.91. The van der Waals surface area contributed by atoms with Crippen molar-refractivity contribution in [3.8, 4) is 0 Å². The molecule has 3 nitrogen and oxygen atoms in total. The second-order valence-electron chi connectivity index (χ2n) is 9.65. The number of hydrogen-bond donors (Lipinski definition) is 2. The number of aliphatic hydroxyl groups is 1. The van der Waals surface area contributed by atoms with Crippen molar-refractivity contribution in [1.29, 1.82) is 0 Å². The van der Waals surface area contributed by atoms with E-state index in [1.807, 2.05) is 0 Å². The molecule has 1 aliphatic heterocycles. The molecule has 0 fully saturated rings. The number of nitrogens with one attached hydrogen (secondary N) is 1. The lowest BCUT2D eigenvalue weighted by atomic mass is 10.0. The quantitative estimate of drug-likeness (QED) is 0.103. The van der Waals surface area contributed by atoms with E-state index in [-0.39, 0.29) is 6.61 Å². The Morgan fingerprint density at radius 2 is 1.26 bits per heavy atom. The number of likely N-dealkylation sites (N-methyl/N-ethyl adjacent to an activating group) is 1. The summed E-state index contributed by atoms with van der Waals surface area (Å²) in [4.78, 5) is 0. The summed E-state index contributed by atoms with van der Waals surface area (Å²) in [6, 6.07) is 0. The molecule has 0 radical (unpaired) electrons. The summed E-state index contributed by atoms with van der Waals surface area (Å²) in [5.74, 6) is 0. The van der Waals surface area contributed by atoms with Gasteiger partial charge in [0.1, 0.15) is 12.7 Å². The van der Waals surface area contributed by atoms with Gasteiger partial charge in [0, 0.05) is 6.42 Å². The van der Waals surface area contributed by atoms with Gasteiger partial charge in [-0.1, -0.05) is 96.1 Å². The molecule has 182 valence electrons. The molecule has 2 N–H and O–H groups in total. The average molecular weight is 436 g/mol. The summed E-state index contributed by atoms with van der Waals surface area (Å²) in [5.41, 5.74) is 0. The predicted molar refractivity (Wildman–Crippen MR) is 137 cm³/mol. The van der Waals surface area contributed by atoms with Crippen molar-refractivity contribution in [2.75, 3.05) is 19.7 Å². The van der Waals surface area contributed by atoms with E-state index < -0.39 is 0 Å². The van der Waals surface area contributed by atoms with Gasteiger partial charge in [0.2, 0.25) is 0 Å². The van der Waals surface area contributed by atoms with Gasteiger partial charge in [-0.2, -0.15) is 0 Å². The van der Waals surface area contributed by atoms with Gasteiger partial charge in [0.25, 0.3) is 0 Å². The third-order valence-electron chi connectivity index (χ3n) is 7.13. The van der Waals surface area contributed by atoms with Crippen molar-refractivity contribution >= 4 is 0 Å². The Kier molecular flexibility index (Phi) is 18.1. The highest BCUT2D eigenvalue weighted by atomic mass is 16.3. The highest BCUT2D eigenvalue weighted by molar-refractivity contribution is 4.84. The van der Waals surface area contributed by atoms with E-state index in [1.54, 1.807) is 0 Å². The Morgan fingerprint density at radius 1 is 0.742 bits per heavy atom. The molecule has 0 spiro atoms. The van der Waals surface area contributed by atoms with E-state index in [0.29, 0.717) is 6.17 Å². The fraction of sp³-hybridized carbons (Fsp3) is 0.857. The molecule has 0 aromatic heterocycles. The van der Waals surface area contributed by atoms with Gasteiger partial charge in [0.15, 0.2) is 6.17 Å². The van der Waals surface area contributed by atoms with E-state index in [0.717, 1.165) is 17.6 Å². The van der Waals surface area contributed by atoms with Crippen LogP contribution in [0, 0.1) is 0 Å². The lowest BCUT2D eigenvalue weighted by molar-refractivity contribution is -0.900. The first-order valence-corrected chi connectivity index (χ1v) is 13.8.